The lowest BCUT2D eigenvalue weighted by Gasteiger charge is -2.20. The van der Waals surface area contributed by atoms with Crippen molar-refractivity contribution in [1.29, 1.82) is 0 Å². The van der Waals surface area contributed by atoms with Crippen LogP contribution in [0, 0.1) is 11.8 Å². The van der Waals surface area contributed by atoms with Crippen molar-refractivity contribution in [3.8, 4) is 0 Å². The van der Waals surface area contributed by atoms with Crippen molar-refractivity contribution >= 4 is 7.82 Å². The van der Waals surface area contributed by atoms with Gasteiger partial charge in [0, 0.05) is 0 Å². The predicted octanol–water partition coefficient (Wildman–Crippen LogP) is 7.80. The molecule has 1 N–H and O–H groups in total. The number of phosphoric ester groups is 1. The van der Waals surface area contributed by atoms with Gasteiger partial charge in [-0.25, -0.2) is 4.57 Å². The second-order valence-corrected chi connectivity index (χ2v) is 9.19. The van der Waals surface area contributed by atoms with Crippen LogP contribution in [0.2, 0.25) is 0 Å². The molecule has 0 aliphatic rings. The maximum Gasteiger partial charge on any atom is 0.472 e. The first kappa shape index (κ1) is 28.3. The van der Waals surface area contributed by atoms with Gasteiger partial charge in [0.1, 0.15) is 0 Å². The molecule has 2 unspecified atom stereocenters. The van der Waals surface area contributed by atoms with Crippen LogP contribution in [0.4, 0.5) is 0 Å². The maximum atomic E-state index is 11.9. The van der Waals surface area contributed by atoms with Crippen molar-refractivity contribution in [2.45, 2.75) is 92.4 Å². The van der Waals surface area contributed by atoms with E-state index in [2.05, 4.69) is 58.9 Å². The van der Waals surface area contributed by atoms with Crippen LogP contribution >= 0.6 is 7.82 Å². The summed E-state index contributed by atoms with van der Waals surface area (Å²) in [5.74, 6) is 0.687. The van der Waals surface area contributed by atoms with Gasteiger partial charge in [0.2, 0.25) is 0 Å². The number of phosphoric acid groups is 1. The van der Waals surface area contributed by atoms with Crippen LogP contribution in [0.5, 0.6) is 0 Å². The smallest absolute Gasteiger partial charge is 0.302 e. The molecule has 0 aliphatic carbocycles. The molecule has 0 heterocycles. The summed E-state index contributed by atoms with van der Waals surface area (Å²) < 4.78 is 22.2. The quantitative estimate of drug-likeness (QED) is 0.290. The zero-order chi connectivity index (χ0) is 22.0. The van der Waals surface area contributed by atoms with E-state index in [4.69, 9.17) is 9.05 Å². The summed E-state index contributed by atoms with van der Waals surface area (Å²) in [5.41, 5.74) is 1.41. The van der Waals surface area contributed by atoms with Gasteiger partial charge in [0.05, 0.1) is 13.2 Å². The highest BCUT2D eigenvalue weighted by molar-refractivity contribution is 7.47. The number of hydrogen-bond donors (Lipinski definition) is 1. The number of hydrogen-bond acceptors (Lipinski definition) is 3. The largest absolute Gasteiger partial charge is 0.472 e. The lowest BCUT2D eigenvalue weighted by atomic mass is 10.0. The van der Waals surface area contributed by atoms with Crippen molar-refractivity contribution in [1.82, 2.24) is 0 Å². The third kappa shape index (κ3) is 15.8. The molecular weight excluding hydrogens is 383 g/mol. The van der Waals surface area contributed by atoms with E-state index in [-0.39, 0.29) is 0 Å². The van der Waals surface area contributed by atoms with Crippen LogP contribution in [-0.2, 0) is 20.0 Å². The molecular formula is C24H45O4P. The Bertz CT molecular complexity index is 497. The zero-order valence-corrected chi connectivity index (χ0v) is 20.3. The fraction of sp³-hybridized carbons (Fsp3) is 0.750. The Balaban J connectivity index is 0.000000807. The van der Waals surface area contributed by atoms with Crippen LogP contribution in [-0.4, -0.2) is 18.1 Å². The molecule has 0 radical (unpaired) electrons. The molecule has 1 aromatic carbocycles. The summed E-state index contributed by atoms with van der Waals surface area (Å²) in [6.07, 6.45) is 9.70. The summed E-state index contributed by atoms with van der Waals surface area (Å²) in [6, 6.07) is 10.5. The molecule has 29 heavy (non-hydrogen) atoms. The van der Waals surface area contributed by atoms with Crippen LogP contribution in [0.1, 0.15) is 91.5 Å². The molecule has 0 spiro atoms. The minimum Gasteiger partial charge on any atom is -0.302 e. The lowest BCUT2D eigenvalue weighted by molar-refractivity contribution is 0.110. The van der Waals surface area contributed by atoms with Crippen molar-refractivity contribution in [2.75, 3.05) is 13.2 Å². The Kier molecular flexibility index (Phi) is 17.7. The minimum atomic E-state index is -3.89. The molecule has 0 saturated carbocycles. The van der Waals surface area contributed by atoms with E-state index in [9.17, 15) is 9.46 Å². The average molecular weight is 429 g/mol. The topological polar surface area (TPSA) is 55.8 Å². The van der Waals surface area contributed by atoms with E-state index >= 15 is 0 Å². The summed E-state index contributed by atoms with van der Waals surface area (Å²) in [4.78, 5) is 9.77. The summed E-state index contributed by atoms with van der Waals surface area (Å²) in [6.45, 7) is 11.3. The minimum absolute atomic E-state index is 0.316. The van der Waals surface area contributed by atoms with Gasteiger partial charge in [-0.15, -0.1) is 0 Å². The first-order valence-corrected chi connectivity index (χ1v) is 13.1. The Morgan fingerprint density at radius 3 is 1.59 bits per heavy atom. The second kappa shape index (κ2) is 18.1. The Morgan fingerprint density at radius 1 is 0.828 bits per heavy atom. The van der Waals surface area contributed by atoms with Crippen molar-refractivity contribution in [2.24, 2.45) is 11.8 Å². The van der Waals surface area contributed by atoms with Gasteiger partial charge in [-0.2, -0.15) is 0 Å². The molecule has 1 aromatic rings. The van der Waals surface area contributed by atoms with Crippen molar-refractivity contribution in [3.63, 3.8) is 0 Å². The monoisotopic (exact) mass is 428 g/mol. The normalized spacial score (nSPS) is 15.1. The Hall–Kier alpha value is -0.670. The Morgan fingerprint density at radius 2 is 1.28 bits per heavy atom. The van der Waals surface area contributed by atoms with E-state index in [1.54, 1.807) is 0 Å². The van der Waals surface area contributed by atoms with Crippen LogP contribution in [0.3, 0.4) is 0 Å². The fourth-order valence-corrected chi connectivity index (χ4v) is 3.82. The molecule has 0 saturated heterocycles. The van der Waals surface area contributed by atoms with E-state index in [0.29, 0.717) is 25.0 Å². The van der Waals surface area contributed by atoms with Crippen LogP contribution in [0.25, 0.3) is 0 Å². The SMILES string of the molecule is CCCCC(CC)COP(=O)(O)OCC(CC)CCCC.CCc1ccccc1. The zero-order valence-electron chi connectivity index (χ0n) is 19.4. The number of aryl methyl sites for hydroxylation is 1. The van der Waals surface area contributed by atoms with Gasteiger partial charge in [0.15, 0.2) is 0 Å². The third-order valence-corrected chi connectivity index (χ3v) is 6.24. The summed E-state index contributed by atoms with van der Waals surface area (Å²) in [5, 5.41) is 0. The fourth-order valence-electron chi connectivity index (χ4n) is 2.95. The number of unbranched alkanes of at least 4 members (excludes halogenated alkanes) is 2. The molecule has 2 atom stereocenters. The molecule has 0 aromatic heterocycles. The van der Waals surface area contributed by atoms with Gasteiger partial charge in [-0.3, -0.25) is 9.05 Å². The first-order chi connectivity index (χ1) is 13.9. The molecule has 4 nitrogen and oxygen atoms in total. The van der Waals surface area contributed by atoms with Crippen LogP contribution < -0.4 is 0 Å². The first-order valence-electron chi connectivity index (χ1n) is 11.6. The molecule has 0 bridgehead atoms. The highest BCUT2D eigenvalue weighted by atomic mass is 31.2. The molecule has 170 valence electrons. The van der Waals surface area contributed by atoms with Gasteiger partial charge < -0.3 is 4.89 Å². The van der Waals surface area contributed by atoms with Crippen molar-refractivity contribution < 1.29 is 18.5 Å². The highest BCUT2D eigenvalue weighted by Gasteiger charge is 2.24. The Labute approximate surface area is 180 Å². The van der Waals surface area contributed by atoms with Crippen LogP contribution in [0.15, 0.2) is 30.3 Å². The molecule has 0 aliphatic heterocycles. The third-order valence-electron chi connectivity index (χ3n) is 5.28. The number of rotatable bonds is 15. The van der Waals surface area contributed by atoms with E-state index < -0.39 is 7.82 Å². The van der Waals surface area contributed by atoms with E-state index in [0.717, 1.165) is 57.8 Å². The van der Waals surface area contributed by atoms with E-state index in [1.165, 1.54) is 5.56 Å². The van der Waals surface area contributed by atoms with E-state index in [1.807, 2.05) is 6.07 Å². The summed E-state index contributed by atoms with van der Waals surface area (Å²) >= 11 is 0. The lowest BCUT2D eigenvalue weighted by Crippen LogP contribution is -2.12. The molecule has 0 amide bonds. The average Bonchev–Trinajstić information content (AvgIpc) is 2.75. The number of benzene rings is 1. The standard InChI is InChI=1S/C16H35O4P.C8H10/c1-5-9-11-15(7-3)13-19-21(17,18)20-14-16(8-4)12-10-6-2;1-2-8-6-4-3-5-7-8/h15-16H,5-14H2,1-4H3,(H,17,18);3-7H,2H2,1H3. The molecule has 0 fully saturated rings. The van der Waals surface area contributed by atoms with Gasteiger partial charge in [-0.05, 0) is 36.7 Å². The van der Waals surface area contributed by atoms with Gasteiger partial charge in [0.25, 0.3) is 0 Å². The van der Waals surface area contributed by atoms with Gasteiger partial charge >= 0.3 is 7.82 Å². The maximum absolute atomic E-state index is 11.9. The predicted molar refractivity (Wildman–Crippen MR) is 124 cm³/mol. The highest BCUT2D eigenvalue weighted by Crippen LogP contribution is 2.44. The molecule has 5 heteroatoms. The molecule has 1 rings (SSSR count). The second-order valence-electron chi connectivity index (χ2n) is 7.73. The van der Waals surface area contributed by atoms with Crippen molar-refractivity contribution in [3.05, 3.63) is 35.9 Å². The van der Waals surface area contributed by atoms with Gasteiger partial charge in [-0.1, -0.05) is 103 Å². The summed E-state index contributed by atoms with van der Waals surface area (Å²) in [7, 11) is -3.89.